The number of benzene rings is 2. The van der Waals surface area contributed by atoms with Gasteiger partial charge in [0.2, 0.25) is 0 Å². The van der Waals surface area contributed by atoms with Crippen LogP contribution in [0.15, 0.2) is 24.3 Å². The third-order valence-corrected chi connectivity index (χ3v) is 4.22. The molecule has 0 nitrogen and oxygen atoms in total. The van der Waals surface area contributed by atoms with Crippen LogP contribution in [0, 0.1) is 55.4 Å². The van der Waals surface area contributed by atoms with Crippen molar-refractivity contribution in [1.29, 1.82) is 0 Å². The molecule has 0 bridgehead atoms. The molecule has 0 aliphatic carbocycles. The van der Waals surface area contributed by atoms with Crippen molar-refractivity contribution in [2.24, 2.45) is 0 Å². The van der Waals surface area contributed by atoms with Gasteiger partial charge in [0.1, 0.15) is 0 Å². The molecule has 0 atom stereocenters. The van der Waals surface area contributed by atoms with Crippen LogP contribution in [0.1, 0.15) is 44.5 Å². The van der Waals surface area contributed by atoms with Crippen LogP contribution in [0.2, 0.25) is 0 Å². The van der Waals surface area contributed by atoms with E-state index in [1.165, 1.54) is 44.5 Å². The quantitative estimate of drug-likeness (QED) is 0.157. The van der Waals surface area contributed by atoms with E-state index >= 15 is 0 Å². The van der Waals surface area contributed by atoms with E-state index in [0.717, 1.165) is 0 Å². The van der Waals surface area contributed by atoms with Crippen LogP contribution in [-0.4, -0.2) is 0 Å². The average molecular weight is 614 g/mol. The van der Waals surface area contributed by atoms with E-state index in [-0.39, 0.29) is 17.1 Å². The molecule has 0 unspecified atom stereocenters. The second kappa shape index (κ2) is 10.4. The van der Waals surface area contributed by atoms with Gasteiger partial charge in [-0.25, -0.2) is 0 Å². The smallest absolute Gasteiger partial charge is 2.00 e. The first-order chi connectivity index (χ1) is 14.1. The molecular weight excluding hydrogens is 586 g/mol. The summed E-state index contributed by atoms with van der Waals surface area (Å²) >= 11 is 0. The van der Waals surface area contributed by atoms with E-state index < -0.39 is 15.6 Å². The van der Waals surface area contributed by atoms with Crippen LogP contribution >= 0.6 is 15.6 Å². The standard InChI is InChI=1S/2C10H14.2F6P.Fe/c2*1-7-5-9(3)10(4)6-8(7)2;2*1-7(2,3,4,5)6;/h2*5-6H,1-4H3;;;/q;;2*-1;+2. The molecule has 0 saturated heterocycles. The van der Waals surface area contributed by atoms with Gasteiger partial charge in [-0.3, -0.25) is 0 Å². The van der Waals surface area contributed by atoms with E-state index in [1.807, 2.05) is 0 Å². The molecule has 0 heterocycles. The number of rotatable bonds is 0. The second-order valence-electron chi connectivity index (χ2n) is 7.96. The molecule has 35 heavy (non-hydrogen) atoms. The zero-order valence-electron chi connectivity index (χ0n) is 20.1. The predicted molar refractivity (Wildman–Crippen MR) is 118 cm³/mol. The zero-order chi connectivity index (χ0) is 28.3. The van der Waals surface area contributed by atoms with Crippen LogP contribution in [0.3, 0.4) is 0 Å². The van der Waals surface area contributed by atoms with E-state index in [0.29, 0.717) is 0 Å². The van der Waals surface area contributed by atoms with E-state index in [2.05, 4.69) is 79.7 Å². The largest absolute Gasteiger partial charge is 2.00 e. The molecule has 0 radical (unpaired) electrons. The summed E-state index contributed by atoms with van der Waals surface area (Å²) < 4.78 is 118. The normalized spacial score (nSPS) is 15.0. The van der Waals surface area contributed by atoms with E-state index in [9.17, 15) is 50.4 Å². The molecule has 2 rings (SSSR count). The molecule has 0 aliphatic heterocycles. The van der Waals surface area contributed by atoms with Crippen molar-refractivity contribution in [3.8, 4) is 0 Å². The van der Waals surface area contributed by atoms with Gasteiger partial charge in [-0.05, 0) is 99.9 Å². The van der Waals surface area contributed by atoms with Crippen LogP contribution in [-0.2, 0) is 17.1 Å². The average Bonchev–Trinajstić information content (AvgIpc) is 2.46. The number of aryl methyl sites for hydroxylation is 8. The van der Waals surface area contributed by atoms with Gasteiger partial charge in [0.25, 0.3) is 0 Å². The fraction of sp³-hybridized carbons (Fsp3) is 0.400. The van der Waals surface area contributed by atoms with Gasteiger partial charge in [-0.15, -0.1) is 0 Å². The van der Waals surface area contributed by atoms with E-state index in [4.69, 9.17) is 0 Å². The van der Waals surface area contributed by atoms with Gasteiger partial charge in [0.15, 0.2) is 0 Å². The van der Waals surface area contributed by atoms with Gasteiger partial charge in [-0.2, -0.15) is 0 Å². The number of hydrogen-bond donors (Lipinski definition) is 0. The van der Waals surface area contributed by atoms with Gasteiger partial charge in [0.05, 0.1) is 0 Å². The molecular formula is C20H28F12FeP2. The van der Waals surface area contributed by atoms with Crippen molar-refractivity contribution < 1.29 is 67.4 Å². The van der Waals surface area contributed by atoms with Crippen molar-refractivity contribution in [3.63, 3.8) is 0 Å². The van der Waals surface area contributed by atoms with Crippen molar-refractivity contribution in [2.45, 2.75) is 55.4 Å². The Bertz CT molecular complexity index is 803. The van der Waals surface area contributed by atoms with Crippen LogP contribution in [0.25, 0.3) is 0 Å². The van der Waals surface area contributed by atoms with E-state index in [1.54, 1.807) is 0 Å². The molecule has 210 valence electrons. The van der Waals surface area contributed by atoms with Gasteiger partial charge in [-0.1, -0.05) is 24.3 Å². The van der Waals surface area contributed by atoms with Gasteiger partial charge in [0, 0.05) is 0 Å². The summed E-state index contributed by atoms with van der Waals surface area (Å²) in [7, 11) is -21.3. The minimum absolute atomic E-state index is 0. The minimum Gasteiger partial charge on any atom is 2.00 e. The van der Waals surface area contributed by atoms with Crippen LogP contribution < -0.4 is 0 Å². The first kappa shape index (κ1) is 38.5. The molecule has 0 amide bonds. The first-order valence-corrected chi connectivity index (χ1v) is 13.4. The maximum Gasteiger partial charge on any atom is 2.00 e. The summed E-state index contributed by atoms with van der Waals surface area (Å²) in [5, 5.41) is 0. The molecule has 0 aliphatic rings. The maximum absolute atomic E-state index is 10.7. The molecule has 0 N–H and O–H groups in total. The summed E-state index contributed by atoms with van der Waals surface area (Å²) in [5.74, 6) is 0. The van der Waals surface area contributed by atoms with Crippen molar-refractivity contribution in [2.75, 3.05) is 0 Å². The van der Waals surface area contributed by atoms with Crippen molar-refractivity contribution in [3.05, 3.63) is 68.8 Å². The Labute approximate surface area is 207 Å². The Hall–Kier alpha value is -1.02. The predicted octanol–water partition coefficient (Wildman–Crippen LogP) is 12.6. The molecule has 2 aromatic rings. The monoisotopic (exact) mass is 614 g/mol. The topological polar surface area (TPSA) is 0 Å². The molecule has 0 spiro atoms. The van der Waals surface area contributed by atoms with Crippen molar-refractivity contribution >= 4 is 15.6 Å². The Morgan fingerprint density at radius 1 is 0.314 bits per heavy atom. The fourth-order valence-corrected chi connectivity index (χ4v) is 2.21. The number of halogens is 12. The Balaban J connectivity index is -0.000000393. The summed E-state index contributed by atoms with van der Waals surface area (Å²) in [4.78, 5) is 0. The van der Waals surface area contributed by atoms with Crippen LogP contribution in [0.4, 0.5) is 50.4 Å². The van der Waals surface area contributed by atoms with Gasteiger partial charge < -0.3 is 0 Å². The summed E-state index contributed by atoms with van der Waals surface area (Å²) in [6.07, 6.45) is 0. The Morgan fingerprint density at radius 2 is 0.371 bits per heavy atom. The molecule has 0 saturated carbocycles. The molecule has 0 fully saturated rings. The number of hydrogen-bond acceptors (Lipinski definition) is 0. The molecule has 2 aromatic carbocycles. The fourth-order valence-electron chi connectivity index (χ4n) is 2.21. The van der Waals surface area contributed by atoms with Gasteiger partial charge >= 0.3 is 83.0 Å². The SMILES string of the molecule is Cc1cc(C)c(C)cc1C.Cc1cc(C)c(C)cc1C.F[P-](F)(F)(F)(F)F.F[P-](F)(F)(F)(F)F.[Fe+2]. The minimum atomic E-state index is -10.7. The zero-order valence-corrected chi connectivity index (χ0v) is 23.0. The first-order valence-electron chi connectivity index (χ1n) is 9.34. The molecule has 0 aromatic heterocycles. The Morgan fingerprint density at radius 3 is 0.429 bits per heavy atom. The summed E-state index contributed by atoms with van der Waals surface area (Å²) in [6, 6.07) is 8.96. The third-order valence-electron chi connectivity index (χ3n) is 4.22. The summed E-state index contributed by atoms with van der Waals surface area (Å²) in [6.45, 7) is 17.2. The second-order valence-corrected chi connectivity index (χ2v) is 11.8. The van der Waals surface area contributed by atoms with Crippen LogP contribution in [0.5, 0.6) is 0 Å². The Kier molecular flexibility index (Phi) is 11.4. The molecule has 15 heteroatoms. The summed E-state index contributed by atoms with van der Waals surface area (Å²) in [5.41, 5.74) is 11.1. The third kappa shape index (κ3) is 33.0. The van der Waals surface area contributed by atoms with Crippen molar-refractivity contribution in [1.82, 2.24) is 0 Å². The maximum atomic E-state index is 9.87.